The van der Waals surface area contributed by atoms with Gasteiger partial charge in [0.25, 0.3) is 0 Å². The predicted molar refractivity (Wildman–Crippen MR) is 81.7 cm³/mol. The molecule has 0 aliphatic rings. The van der Waals surface area contributed by atoms with E-state index < -0.39 is 0 Å². The van der Waals surface area contributed by atoms with Gasteiger partial charge >= 0.3 is 6.01 Å². The van der Waals surface area contributed by atoms with E-state index >= 15 is 0 Å². The number of halogens is 2. The Morgan fingerprint density at radius 2 is 1.95 bits per heavy atom. The molecule has 3 aromatic rings. The van der Waals surface area contributed by atoms with Crippen LogP contribution in [0.1, 0.15) is 5.56 Å². The van der Waals surface area contributed by atoms with E-state index in [1.54, 1.807) is 18.3 Å². The molecular formula is C14H9Cl2N3O. The van der Waals surface area contributed by atoms with Crippen LogP contribution in [0.25, 0.3) is 11.1 Å². The van der Waals surface area contributed by atoms with Crippen molar-refractivity contribution in [3.05, 3.63) is 58.1 Å². The molecule has 0 spiro atoms. The van der Waals surface area contributed by atoms with Crippen LogP contribution in [0.15, 0.2) is 52.0 Å². The molecule has 0 aliphatic heterocycles. The molecule has 0 fully saturated rings. The van der Waals surface area contributed by atoms with E-state index in [1.165, 1.54) is 0 Å². The van der Waals surface area contributed by atoms with Crippen LogP contribution in [-0.4, -0.2) is 11.2 Å². The monoisotopic (exact) mass is 305 g/mol. The average molecular weight is 306 g/mol. The van der Waals surface area contributed by atoms with Crippen molar-refractivity contribution in [2.24, 2.45) is 5.10 Å². The number of rotatable bonds is 3. The summed E-state index contributed by atoms with van der Waals surface area (Å²) in [6, 6.07) is 13.1. The number of hydrazone groups is 1. The van der Waals surface area contributed by atoms with E-state index in [4.69, 9.17) is 27.6 Å². The summed E-state index contributed by atoms with van der Waals surface area (Å²) in [5.74, 6) is 0. The Balaban J connectivity index is 1.75. The largest absolute Gasteiger partial charge is 0.422 e. The third-order valence-electron chi connectivity index (χ3n) is 2.61. The van der Waals surface area contributed by atoms with E-state index in [2.05, 4.69) is 15.5 Å². The summed E-state index contributed by atoms with van der Waals surface area (Å²) < 4.78 is 5.47. The number of hydrogen-bond donors (Lipinski definition) is 1. The summed E-state index contributed by atoms with van der Waals surface area (Å²) in [5.41, 5.74) is 5.04. The van der Waals surface area contributed by atoms with Gasteiger partial charge in [-0.25, -0.2) is 5.43 Å². The zero-order valence-corrected chi connectivity index (χ0v) is 11.7. The Kier molecular flexibility index (Phi) is 3.58. The molecule has 6 heteroatoms. The van der Waals surface area contributed by atoms with Gasteiger partial charge < -0.3 is 4.42 Å². The van der Waals surface area contributed by atoms with E-state index in [9.17, 15) is 0 Å². The smallest absolute Gasteiger partial charge is 0.316 e. The fraction of sp³-hybridized carbons (Fsp3) is 0. The van der Waals surface area contributed by atoms with Crippen LogP contribution in [0, 0.1) is 0 Å². The lowest BCUT2D eigenvalue weighted by Crippen LogP contribution is -1.90. The fourth-order valence-corrected chi connectivity index (χ4v) is 1.98. The summed E-state index contributed by atoms with van der Waals surface area (Å²) in [7, 11) is 0. The topological polar surface area (TPSA) is 50.4 Å². The first-order valence-corrected chi connectivity index (χ1v) is 6.58. The molecular weight excluding hydrogens is 297 g/mol. The molecule has 20 heavy (non-hydrogen) atoms. The number of oxazole rings is 1. The number of nitrogens with zero attached hydrogens (tertiary/aromatic N) is 2. The number of hydrogen-bond acceptors (Lipinski definition) is 4. The lowest BCUT2D eigenvalue weighted by molar-refractivity contribution is 0.617. The number of anilines is 1. The van der Waals surface area contributed by atoms with E-state index in [0.29, 0.717) is 21.6 Å². The van der Waals surface area contributed by atoms with E-state index in [0.717, 1.165) is 11.1 Å². The van der Waals surface area contributed by atoms with Gasteiger partial charge in [0, 0.05) is 0 Å². The summed E-state index contributed by atoms with van der Waals surface area (Å²) in [5, 5.41) is 5.04. The Labute approximate surface area is 125 Å². The molecule has 100 valence electrons. The quantitative estimate of drug-likeness (QED) is 0.569. The maximum absolute atomic E-state index is 5.92. The van der Waals surface area contributed by atoms with Crippen LogP contribution in [0.5, 0.6) is 0 Å². The highest BCUT2D eigenvalue weighted by Gasteiger charge is 2.02. The molecule has 1 N–H and O–H groups in total. The van der Waals surface area contributed by atoms with Crippen LogP contribution >= 0.6 is 23.2 Å². The first kappa shape index (κ1) is 13.0. The highest BCUT2D eigenvalue weighted by molar-refractivity contribution is 6.42. The maximum Gasteiger partial charge on any atom is 0.316 e. The summed E-state index contributed by atoms with van der Waals surface area (Å²) in [6.07, 6.45) is 1.61. The molecule has 2 aromatic carbocycles. The zero-order chi connectivity index (χ0) is 13.9. The van der Waals surface area contributed by atoms with Crippen LogP contribution < -0.4 is 5.43 Å². The number of para-hydroxylation sites is 2. The summed E-state index contributed by atoms with van der Waals surface area (Å²) in [6.45, 7) is 0. The molecule has 4 nitrogen and oxygen atoms in total. The number of nitrogens with one attached hydrogen (secondary N) is 1. The van der Waals surface area contributed by atoms with Gasteiger partial charge in [-0.2, -0.15) is 10.1 Å². The summed E-state index contributed by atoms with van der Waals surface area (Å²) in [4.78, 5) is 4.24. The van der Waals surface area contributed by atoms with Crippen molar-refractivity contribution in [1.29, 1.82) is 0 Å². The molecule has 0 atom stereocenters. The first-order chi connectivity index (χ1) is 9.72. The van der Waals surface area contributed by atoms with Crippen molar-refractivity contribution in [3.8, 4) is 0 Å². The number of benzene rings is 2. The molecule has 0 bridgehead atoms. The van der Waals surface area contributed by atoms with Gasteiger partial charge in [0.2, 0.25) is 0 Å². The summed E-state index contributed by atoms with van der Waals surface area (Å²) >= 11 is 11.8. The van der Waals surface area contributed by atoms with Crippen LogP contribution in [0.2, 0.25) is 10.0 Å². The molecule has 0 saturated heterocycles. The molecule has 1 heterocycles. The van der Waals surface area contributed by atoms with Gasteiger partial charge in [-0.1, -0.05) is 41.4 Å². The Morgan fingerprint density at radius 3 is 2.75 bits per heavy atom. The molecule has 0 aliphatic carbocycles. The lowest BCUT2D eigenvalue weighted by Gasteiger charge is -1.97. The highest BCUT2D eigenvalue weighted by atomic mass is 35.5. The van der Waals surface area contributed by atoms with E-state index in [1.807, 2.05) is 30.3 Å². The second-order valence-electron chi connectivity index (χ2n) is 4.03. The second kappa shape index (κ2) is 5.53. The Morgan fingerprint density at radius 1 is 1.10 bits per heavy atom. The normalized spacial score (nSPS) is 11.3. The van der Waals surface area contributed by atoms with Crippen LogP contribution in [0.4, 0.5) is 6.01 Å². The lowest BCUT2D eigenvalue weighted by atomic mass is 10.2. The molecule has 1 aromatic heterocycles. The molecule has 3 rings (SSSR count). The van der Waals surface area contributed by atoms with Crippen molar-refractivity contribution in [3.63, 3.8) is 0 Å². The minimum absolute atomic E-state index is 0.336. The van der Waals surface area contributed by atoms with Gasteiger partial charge in [-0.05, 0) is 29.8 Å². The third kappa shape index (κ3) is 2.76. The SMILES string of the molecule is Clc1ccc(/C=N/Nc2nc3ccccc3o2)cc1Cl. The first-order valence-electron chi connectivity index (χ1n) is 5.82. The minimum Gasteiger partial charge on any atom is -0.422 e. The van der Waals surface area contributed by atoms with Crippen LogP contribution in [-0.2, 0) is 0 Å². The van der Waals surface area contributed by atoms with Crippen molar-refractivity contribution in [2.45, 2.75) is 0 Å². The van der Waals surface area contributed by atoms with Crippen molar-refractivity contribution in [2.75, 3.05) is 5.43 Å². The standard InChI is InChI=1S/C14H9Cl2N3O/c15-10-6-5-9(7-11(10)16)8-17-19-14-18-12-3-1-2-4-13(12)20-14/h1-8H,(H,18,19)/b17-8+. The Bertz CT molecular complexity index is 750. The van der Waals surface area contributed by atoms with Gasteiger partial charge in [0.1, 0.15) is 5.52 Å². The zero-order valence-electron chi connectivity index (χ0n) is 10.2. The second-order valence-corrected chi connectivity index (χ2v) is 4.84. The van der Waals surface area contributed by atoms with Crippen molar-refractivity contribution in [1.82, 2.24) is 4.98 Å². The van der Waals surface area contributed by atoms with Gasteiger partial charge in [-0.15, -0.1) is 0 Å². The predicted octanol–water partition coefficient (Wildman–Crippen LogP) is 4.58. The molecule has 0 unspecified atom stereocenters. The van der Waals surface area contributed by atoms with Gasteiger partial charge in [0.15, 0.2) is 5.58 Å². The molecule has 0 amide bonds. The fourth-order valence-electron chi connectivity index (χ4n) is 1.67. The van der Waals surface area contributed by atoms with Gasteiger partial charge in [-0.3, -0.25) is 0 Å². The maximum atomic E-state index is 5.92. The van der Waals surface area contributed by atoms with Crippen molar-refractivity contribution < 1.29 is 4.42 Å². The van der Waals surface area contributed by atoms with Crippen LogP contribution in [0.3, 0.4) is 0 Å². The highest BCUT2D eigenvalue weighted by Crippen LogP contribution is 2.22. The number of fused-ring (bicyclic) bond motifs is 1. The Hall–Kier alpha value is -2.04. The third-order valence-corrected chi connectivity index (χ3v) is 3.35. The molecule has 0 saturated carbocycles. The van der Waals surface area contributed by atoms with Gasteiger partial charge in [0.05, 0.1) is 16.3 Å². The average Bonchev–Trinajstić information content (AvgIpc) is 2.85. The van der Waals surface area contributed by atoms with E-state index in [-0.39, 0.29) is 0 Å². The molecule has 0 radical (unpaired) electrons. The number of aromatic nitrogens is 1. The minimum atomic E-state index is 0.336. The van der Waals surface area contributed by atoms with Crippen molar-refractivity contribution >= 4 is 46.5 Å².